The van der Waals surface area contributed by atoms with Crippen molar-refractivity contribution in [2.75, 3.05) is 19.9 Å². The number of nitrogens with one attached hydrogen (secondary N) is 1. The predicted molar refractivity (Wildman–Crippen MR) is 88.7 cm³/mol. The number of benzene rings is 1. The zero-order valence-corrected chi connectivity index (χ0v) is 14.9. The third kappa shape index (κ3) is 5.50. The fraction of sp³-hybridized carbons (Fsp3) is 0.529. The molecule has 0 aliphatic carbocycles. The number of carbonyl (C=O) groups is 2. The summed E-state index contributed by atoms with van der Waals surface area (Å²) in [6.07, 6.45) is -3.28. The number of carbonyl (C=O) groups excluding carboxylic acids is 2. The van der Waals surface area contributed by atoms with Crippen LogP contribution in [0, 0.1) is 0 Å². The lowest BCUT2D eigenvalue weighted by atomic mass is 10.1. The normalized spacial score (nSPS) is 15.1. The SMILES string of the molecule is CC(C)(C)OC(=O)NCC(OC(=O)C(O)CO)c1ccc2c(c1)OCO2. The lowest BCUT2D eigenvalue weighted by molar-refractivity contribution is -0.161. The summed E-state index contributed by atoms with van der Waals surface area (Å²) in [5.74, 6) is 0.0130. The molecule has 0 saturated carbocycles. The van der Waals surface area contributed by atoms with E-state index in [2.05, 4.69) is 5.32 Å². The summed E-state index contributed by atoms with van der Waals surface area (Å²) >= 11 is 0. The van der Waals surface area contributed by atoms with Crippen LogP contribution < -0.4 is 14.8 Å². The maximum absolute atomic E-state index is 11.8. The number of rotatable bonds is 6. The van der Waals surface area contributed by atoms with Gasteiger partial charge in [0.05, 0.1) is 13.2 Å². The van der Waals surface area contributed by atoms with E-state index in [1.165, 1.54) is 0 Å². The summed E-state index contributed by atoms with van der Waals surface area (Å²) in [6, 6.07) is 4.91. The highest BCUT2D eigenvalue weighted by atomic mass is 16.7. The second-order valence-corrected chi connectivity index (χ2v) is 6.62. The molecular weight excluding hydrogens is 346 g/mol. The molecule has 0 radical (unpaired) electrons. The molecule has 144 valence electrons. The van der Waals surface area contributed by atoms with Crippen LogP contribution in [0.5, 0.6) is 11.5 Å². The van der Waals surface area contributed by atoms with Gasteiger partial charge in [0.15, 0.2) is 17.6 Å². The molecule has 1 amide bonds. The van der Waals surface area contributed by atoms with Crippen molar-refractivity contribution in [1.82, 2.24) is 5.32 Å². The Hall–Kier alpha value is -2.52. The molecule has 9 nitrogen and oxygen atoms in total. The summed E-state index contributed by atoms with van der Waals surface area (Å²) in [5.41, 5.74) is -0.161. The van der Waals surface area contributed by atoms with E-state index in [4.69, 9.17) is 24.1 Å². The van der Waals surface area contributed by atoms with Crippen molar-refractivity contribution < 1.29 is 38.7 Å². The number of amides is 1. The van der Waals surface area contributed by atoms with Crippen LogP contribution in [0.2, 0.25) is 0 Å². The van der Waals surface area contributed by atoms with Crippen LogP contribution in [0.25, 0.3) is 0 Å². The van der Waals surface area contributed by atoms with Gasteiger partial charge >= 0.3 is 12.1 Å². The minimum atomic E-state index is -1.67. The van der Waals surface area contributed by atoms with Gasteiger partial charge in [-0.1, -0.05) is 6.07 Å². The highest BCUT2D eigenvalue weighted by Crippen LogP contribution is 2.35. The minimum Gasteiger partial charge on any atom is -0.454 e. The molecule has 0 fully saturated rings. The number of alkyl carbamates (subject to hydrolysis) is 1. The van der Waals surface area contributed by atoms with Crippen molar-refractivity contribution in [2.24, 2.45) is 0 Å². The average molecular weight is 369 g/mol. The Morgan fingerprint density at radius 2 is 1.96 bits per heavy atom. The van der Waals surface area contributed by atoms with Gasteiger partial charge in [-0.25, -0.2) is 9.59 Å². The molecule has 1 aliphatic heterocycles. The molecule has 0 aromatic heterocycles. The molecule has 3 N–H and O–H groups in total. The molecule has 1 aromatic rings. The lowest BCUT2D eigenvalue weighted by Crippen LogP contribution is -2.37. The van der Waals surface area contributed by atoms with E-state index >= 15 is 0 Å². The van der Waals surface area contributed by atoms with Crippen molar-refractivity contribution >= 4 is 12.1 Å². The first-order valence-corrected chi connectivity index (χ1v) is 8.05. The topological polar surface area (TPSA) is 124 Å². The molecule has 2 rings (SSSR count). The number of esters is 1. The predicted octanol–water partition coefficient (Wildman–Crippen LogP) is 0.877. The number of hydrogen-bond donors (Lipinski definition) is 3. The summed E-state index contributed by atoms with van der Waals surface area (Å²) < 4.78 is 20.9. The fourth-order valence-corrected chi connectivity index (χ4v) is 2.12. The maximum Gasteiger partial charge on any atom is 0.407 e. The molecule has 0 saturated heterocycles. The maximum atomic E-state index is 11.8. The number of fused-ring (bicyclic) bond motifs is 1. The molecule has 1 aromatic carbocycles. The standard InChI is InChI=1S/C17H23NO8/c1-17(2,3)26-16(22)18-7-14(25-15(21)11(20)8-19)10-4-5-12-13(6-10)24-9-23-12/h4-6,11,14,19-20H,7-9H2,1-3H3,(H,18,22). The Bertz CT molecular complexity index is 655. The Balaban J connectivity index is 2.11. The van der Waals surface area contributed by atoms with Crippen molar-refractivity contribution in [2.45, 2.75) is 38.6 Å². The zero-order valence-electron chi connectivity index (χ0n) is 14.9. The molecule has 2 atom stereocenters. The molecule has 9 heteroatoms. The molecule has 26 heavy (non-hydrogen) atoms. The molecule has 1 heterocycles. The van der Waals surface area contributed by atoms with Crippen LogP contribution >= 0.6 is 0 Å². The zero-order chi connectivity index (χ0) is 19.3. The smallest absolute Gasteiger partial charge is 0.407 e. The van der Waals surface area contributed by atoms with Crippen molar-refractivity contribution in [3.63, 3.8) is 0 Å². The lowest BCUT2D eigenvalue weighted by Gasteiger charge is -2.23. The fourth-order valence-electron chi connectivity index (χ4n) is 2.12. The minimum absolute atomic E-state index is 0.0859. The van der Waals surface area contributed by atoms with Crippen LogP contribution in [-0.4, -0.2) is 53.9 Å². The van der Waals surface area contributed by atoms with Gasteiger partial charge in [-0.3, -0.25) is 0 Å². The van der Waals surface area contributed by atoms with Crippen molar-refractivity contribution in [3.05, 3.63) is 23.8 Å². The molecule has 2 unspecified atom stereocenters. The van der Waals surface area contributed by atoms with Crippen LogP contribution in [-0.2, 0) is 14.3 Å². The first kappa shape index (κ1) is 19.8. The van der Waals surface area contributed by atoms with Gasteiger partial charge in [0.1, 0.15) is 11.7 Å². The summed E-state index contributed by atoms with van der Waals surface area (Å²) in [4.78, 5) is 23.7. The Morgan fingerprint density at radius 3 is 2.62 bits per heavy atom. The van der Waals surface area contributed by atoms with E-state index < -0.39 is 36.5 Å². The summed E-state index contributed by atoms with van der Waals surface area (Å²) in [7, 11) is 0. The quantitative estimate of drug-likeness (QED) is 0.631. The highest BCUT2D eigenvalue weighted by Gasteiger charge is 2.26. The number of aliphatic hydroxyl groups excluding tert-OH is 2. The first-order valence-electron chi connectivity index (χ1n) is 8.05. The van der Waals surface area contributed by atoms with Crippen molar-refractivity contribution in [1.29, 1.82) is 0 Å². The van der Waals surface area contributed by atoms with Crippen molar-refractivity contribution in [3.8, 4) is 11.5 Å². The van der Waals surface area contributed by atoms with E-state index in [0.29, 0.717) is 17.1 Å². The van der Waals surface area contributed by atoms with Crippen LogP contribution in [0.1, 0.15) is 32.4 Å². The van der Waals surface area contributed by atoms with E-state index in [1.54, 1.807) is 39.0 Å². The van der Waals surface area contributed by atoms with Gasteiger partial charge in [-0.2, -0.15) is 0 Å². The molecule has 0 spiro atoms. The van der Waals surface area contributed by atoms with Crippen LogP contribution in [0.4, 0.5) is 4.79 Å². The van der Waals surface area contributed by atoms with Crippen LogP contribution in [0.3, 0.4) is 0 Å². The first-order chi connectivity index (χ1) is 12.2. The van der Waals surface area contributed by atoms with Gasteiger partial charge in [0.25, 0.3) is 0 Å². The second kappa shape index (κ2) is 8.24. The van der Waals surface area contributed by atoms with E-state index in [-0.39, 0.29) is 13.3 Å². The monoisotopic (exact) mass is 369 g/mol. The van der Waals surface area contributed by atoms with E-state index in [9.17, 15) is 14.7 Å². The second-order valence-electron chi connectivity index (χ2n) is 6.62. The van der Waals surface area contributed by atoms with Gasteiger partial charge < -0.3 is 34.5 Å². The summed E-state index contributed by atoms with van der Waals surface area (Å²) in [6.45, 7) is 4.38. The molecule has 1 aliphatic rings. The molecule has 0 bridgehead atoms. The van der Waals surface area contributed by atoms with E-state index in [1.807, 2.05) is 0 Å². The van der Waals surface area contributed by atoms with Gasteiger partial charge in [0.2, 0.25) is 6.79 Å². The van der Waals surface area contributed by atoms with Gasteiger partial charge in [0, 0.05) is 0 Å². The highest BCUT2D eigenvalue weighted by molar-refractivity contribution is 5.75. The summed E-state index contributed by atoms with van der Waals surface area (Å²) in [5, 5.41) is 20.8. The molecular formula is C17H23NO8. The van der Waals surface area contributed by atoms with E-state index in [0.717, 1.165) is 0 Å². The third-order valence-electron chi connectivity index (χ3n) is 3.30. The largest absolute Gasteiger partial charge is 0.454 e. The number of aliphatic hydroxyl groups is 2. The number of ether oxygens (including phenoxy) is 4. The Kier molecular flexibility index (Phi) is 6.27. The average Bonchev–Trinajstić information content (AvgIpc) is 3.03. The van der Waals surface area contributed by atoms with Gasteiger partial charge in [-0.15, -0.1) is 0 Å². The Labute approximate surface area is 150 Å². The Morgan fingerprint density at radius 1 is 1.27 bits per heavy atom. The third-order valence-corrected chi connectivity index (χ3v) is 3.30. The van der Waals surface area contributed by atoms with Gasteiger partial charge in [-0.05, 0) is 38.5 Å². The van der Waals surface area contributed by atoms with Crippen LogP contribution in [0.15, 0.2) is 18.2 Å². The number of hydrogen-bond acceptors (Lipinski definition) is 8.